The van der Waals surface area contributed by atoms with E-state index in [1.165, 1.54) is 17.7 Å². The van der Waals surface area contributed by atoms with Gasteiger partial charge >= 0.3 is 0 Å². The lowest BCUT2D eigenvalue weighted by molar-refractivity contribution is -0.120. The smallest absolute Gasteiger partial charge is 0.270 e. The van der Waals surface area contributed by atoms with Crippen LogP contribution in [0.4, 0.5) is 10.8 Å². The highest BCUT2D eigenvalue weighted by molar-refractivity contribution is 7.22. The maximum Gasteiger partial charge on any atom is 0.270 e. The van der Waals surface area contributed by atoms with Crippen LogP contribution in [0.2, 0.25) is 0 Å². The molecule has 29 heavy (non-hydrogen) atoms. The molecule has 1 fully saturated rings. The van der Waals surface area contributed by atoms with Gasteiger partial charge in [-0.3, -0.25) is 9.59 Å². The summed E-state index contributed by atoms with van der Waals surface area (Å²) in [5.41, 5.74) is 0.924. The number of thiazole rings is 1. The second-order valence-corrected chi connectivity index (χ2v) is 7.71. The van der Waals surface area contributed by atoms with Crippen molar-refractivity contribution in [1.82, 2.24) is 15.0 Å². The molecule has 1 aromatic carbocycles. The predicted molar refractivity (Wildman–Crippen MR) is 111 cm³/mol. The van der Waals surface area contributed by atoms with Gasteiger partial charge in [0.2, 0.25) is 5.91 Å². The maximum atomic E-state index is 12.7. The molecule has 0 saturated carbocycles. The third kappa shape index (κ3) is 4.02. The lowest BCUT2D eigenvalue weighted by Gasteiger charge is -2.31. The Morgan fingerprint density at radius 2 is 1.90 bits per heavy atom. The van der Waals surface area contributed by atoms with Crippen LogP contribution in [0, 0.1) is 5.92 Å². The van der Waals surface area contributed by atoms with Crippen molar-refractivity contribution in [3.63, 3.8) is 0 Å². The first-order chi connectivity index (χ1) is 14.1. The topological polar surface area (TPSA) is 109 Å². The quantitative estimate of drug-likeness (QED) is 0.658. The Bertz CT molecular complexity index is 1070. The zero-order valence-corrected chi connectivity index (χ0v) is 16.9. The summed E-state index contributed by atoms with van der Waals surface area (Å²) in [5, 5.41) is 3.72. The van der Waals surface area contributed by atoms with Gasteiger partial charge < -0.3 is 24.7 Å². The molecule has 3 heterocycles. The number of carbonyl (C=O) groups excluding carboxylic acids is 1. The van der Waals surface area contributed by atoms with E-state index in [-0.39, 0.29) is 17.4 Å². The third-order valence-electron chi connectivity index (χ3n) is 4.94. The van der Waals surface area contributed by atoms with Gasteiger partial charge in [0, 0.05) is 42.9 Å². The van der Waals surface area contributed by atoms with Crippen molar-refractivity contribution >= 4 is 38.4 Å². The standard InChI is InChI=1S/C19H21N5O4S/c1-27-13-7-12(8-14(9-13)28-2)22-17(25)11-3-5-24(6-4-11)19-23-16-15(29-19)18(26)21-10-20-16/h7-11H,3-6H2,1-2H3,(H,22,25)(H,20,21,26). The van der Waals surface area contributed by atoms with Crippen LogP contribution in [0.5, 0.6) is 11.5 Å². The number of hydrogen-bond acceptors (Lipinski definition) is 8. The van der Waals surface area contributed by atoms with E-state index in [0.29, 0.717) is 53.5 Å². The number of rotatable bonds is 5. The van der Waals surface area contributed by atoms with Gasteiger partial charge in [0.25, 0.3) is 5.56 Å². The number of fused-ring (bicyclic) bond motifs is 1. The van der Waals surface area contributed by atoms with E-state index in [9.17, 15) is 9.59 Å². The van der Waals surface area contributed by atoms with Gasteiger partial charge in [-0.1, -0.05) is 11.3 Å². The molecule has 0 bridgehead atoms. The number of benzene rings is 1. The van der Waals surface area contributed by atoms with Crippen LogP contribution in [0.15, 0.2) is 29.3 Å². The highest BCUT2D eigenvalue weighted by Gasteiger charge is 2.27. The molecule has 0 radical (unpaired) electrons. The fourth-order valence-electron chi connectivity index (χ4n) is 3.35. The summed E-state index contributed by atoms with van der Waals surface area (Å²) in [4.78, 5) is 37.8. The number of ether oxygens (including phenoxy) is 2. The molecule has 152 valence electrons. The number of methoxy groups -OCH3 is 2. The SMILES string of the molecule is COc1cc(NC(=O)C2CCN(c3nc4nc[nH]c(=O)c4s3)CC2)cc(OC)c1. The summed E-state index contributed by atoms with van der Waals surface area (Å²) in [7, 11) is 3.14. The normalized spacial score (nSPS) is 14.8. The first-order valence-electron chi connectivity index (χ1n) is 9.20. The Hall–Kier alpha value is -3.14. The number of amides is 1. The molecule has 2 aromatic heterocycles. The number of nitrogens with one attached hydrogen (secondary N) is 2. The van der Waals surface area contributed by atoms with Crippen LogP contribution in [0.1, 0.15) is 12.8 Å². The van der Waals surface area contributed by atoms with Gasteiger partial charge in [-0.25, -0.2) is 4.98 Å². The Balaban J connectivity index is 1.40. The average molecular weight is 415 g/mol. The van der Waals surface area contributed by atoms with Crippen LogP contribution in [-0.2, 0) is 4.79 Å². The number of aromatic amines is 1. The Kier molecular flexibility index (Phi) is 5.34. The molecular formula is C19H21N5O4S. The van der Waals surface area contributed by atoms with Crippen LogP contribution in [0.25, 0.3) is 10.3 Å². The minimum absolute atomic E-state index is 0.0256. The lowest BCUT2D eigenvalue weighted by Crippen LogP contribution is -2.38. The fraction of sp³-hybridized carbons (Fsp3) is 0.368. The monoisotopic (exact) mass is 415 g/mol. The molecule has 0 spiro atoms. The Labute approximate surface area is 170 Å². The third-order valence-corrected chi connectivity index (χ3v) is 6.05. The van der Waals surface area contributed by atoms with Crippen molar-refractivity contribution < 1.29 is 14.3 Å². The lowest BCUT2D eigenvalue weighted by atomic mass is 9.96. The number of carbonyl (C=O) groups is 1. The molecule has 0 atom stereocenters. The number of hydrogen-bond donors (Lipinski definition) is 2. The summed E-state index contributed by atoms with van der Waals surface area (Å²) < 4.78 is 11.0. The molecule has 1 saturated heterocycles. The molecule has 1 aliphatic rings. The van der Waals surface area contributed by atoms with Gasteiger partial charge in [0.15, 0.2) is 10.8 Å². The second-order valence-electron chi connectivity index (χ2n) is 6.73. The summed E-state index contributed by atoms with van der Waals surface area (Å²) in [6.45, 7) is 1.38. The highest BCUT2D eigenvalue weighted by atomic mass is 32.1. The van der Waals surface area contributed by atoms with E-state index < -0.39 is 0 Å². The molecule has 3 aromatic rings. The largest absolute Gasteiger partial charge is 0.497 e. The summed E-state index contributed by atoms with van der Waals surface area (Å²) in [5.74, 6) is 1.12. The van der Waals surface area contributed by atoms with E-state index in [4.69, 9.17) is 9.47 Å². The number of aromatic nitrogens is 3. The summed E-state index contributed by atoms with van der Waals surface area (Å²) in [6, 6.07) is 5.29. The van der Waals surface area contributed by atoms with Crippen molar-refractivity contribution in [2.75, 3.05) is 37.5 Å². The van der Waals surface area contributed by atoms with E-state index in [0.717, 1.165) is 5.13 Å². The number of nitrogens with zero attached hydrogens (tertiary/aromatic N) is 3. The first kappa shape index (κ1) is 19.2. The van der Waals surface area contributed by atoms with Gasteiger partial charge in [-0.15, -0.1) is 0 Å². The van der Waals surface area contributed by atoms with Crippen molar-refractivity contribution in [1.29, 1.82) is 0 Å². The first-order valence-corrected chi connectivity index (χ1v) is 10.0. The van der Waals surface area contributed by atoms with Gasteiger partial charge in [-0.2, -0.15) is 4.98 Å². The Morgan fingerprint density at radius 1 is 1.21 bits per heavy atom. The Morgan fingerprint density at radius 3 is 2.52 bits per heavy atom. The van der Waals surface area contributed by atoms with Crippen LogP contribution in [-0.4, -0.2) is 48.2 Å². The van der Waals surface area contributed by atoms with Crippen molar-refractivity contribution in [3.05, 3.63) is 34.9 Å². The summed E-state index contributed by atoms with van der Waals surface area (Å²) in [6.07, 6.45) is 2.76. The zero-order chi connectivity index (χ0) is 20.4. The molecule has 4 rings (SSSR count). The number of anilines is 2. The fourth-order valence-corrected chi connectivity index (χ4v) is 4.31. The molecule has 0 aliphatic carbocycles. The molecular weight excluding hydrogens is 394 g/mol. The summed E-state index contributed by atoms with van der Waals surface area (Å²) >= 11 is 1.33. The zero-order valence-electron chi connectivity index (χ0n) is 16.1. The van der Waals surface area contributed by atoms with Gasteiger partial charge in [0.05, 0.1) is 20.5 Å². The van der Waals surface area contributed by atoms with Crippen LogP contribution >= 0.6 is 11.3 Å². The molecule has 10 heteroatoms. The predicted octanol–water partition coefficient (Wildman–Crippen LogP) is 2.25. The maximum absolute atomic E-state index is 12.7. The highest BCUT2D eigenvalue weighted by Crippen LogP contribution is 2.30. The molecule has 2 N–H and O–H groups in total. The van der Waals surface area contributed by atoms with E-state index in [1.54, 1.807) is 32.4 Å². The van der Waals surface area contributed by atoms with E-state index in [1.807, 2.05) is 0 Å². The minimum atomic E-state index is -0.179. The van der Waals surface area contributed by atoms with Crippen molar-refractivity contribution in [2.45, 2.75) is 12.8 Å². The van der Waals surface area contributed by atoms with Crippen molar-refractivity contribution in [2.24, 2.45) is 5.92 Å². The van der Waals surface area contributed by atoms with Crippen LogP contribution < -0.4 is 25.2 Å². The molecule has 1 amide bonds. The van der Waals surface area contributed by atoms with Gasteiger partial charge in [-0.05, 0) is 12.8 Å². The molecule has 1 aliphatic heterocycles. The minimum Gasteiger partial charge on any atom is -0.497 e. The average Bonchev–Trinajstić information content (AvgIpc) is 3.19. The molecule has 0 unspecified atom stereocenters. The van der Waals surface area contributed by atoms with Crippen molar-refractivity contribution in [3.8, 4) is 11.5 Å². The van der Waals surface area contributed by atoms with E-state index in [2.05, 4.69) is 25.2 Å². The molecule has 9 nitrogen and oxygen atoms in total. The second kappa shape index (κ2) is 8.08. The number of H-pyrrole nitrogens is 1. The van der Waals surface area contributed by atoms with E-state index >= 15 is 0 Å². The van der Waals surface area contributed by atoms with Gasteiger partial charge in [0.1, 0.15) is 16.2 Å². The van der Waals surface area contributed by atoms with Crippen LogP contribution in [0.3, 0.4) is 0 Å². The number of piperidine rings is 1.